The first-order valence-corrected chi connectivity index (χ1v) is 12.0. The number of piperazine rings is 1. The lowest BCUT2D eigenvalue weighted by Crippen LogP contribution is -2.47. The molecule has 3 aromatic rings. The third-order valence-electron chi connectivity index (χ3n) is 6.68. The van der Waals surface area contributed by atoms with Gasteiger partial charge in [0.2, 0.25) is 5.95 Å². The van der Waals surface area contributed by atoms with E-state index in [1.807, 2.05) is 36.4 Å². The van der Waals surface area contributed by atoms with Crippen molar-refractivity contribution in [2.24, 2.45) is 5.92 Å². The monoisotopic (exact) mass is 473 g/mol. The number of hydrogen-bond acceptors (Lipinski definition) is 8. The molecule has 1 aliphatic carbocycles. The number of Topliss-reactive ketones (excluding diaryl/α,β-unsaturated/α-hetero) is 1. The SMILES string of the molecule is COc1ccc(Nc2nc(N3CCN(c4ccc(OC)cc4)CC3)nc3c2C(=O)CC(C)C3)cc1. The molecule has 8 heteroatoms. The predicted molar refractivity (Wildman–Crippen MR) is 138 cm³/mol. The average Bonchev–Trinajstić information content (AvgIpc) is 2.88. The normalized spacial score (nSPS) is 17.7. The smallest absolute Gasteiger partial charge is 0.227 e. The second kappa shape index (κ2) is 9.82. The molecular formula is C27H31N5O3. The van der Waals surface area contributed by atoms with E-state index in [1.165, 1.54) is 5.69 Å². The van der Waals surface area contributed by atoms with Gasteiger partial charge < -0.3 is 24.6 Å². The molecule has 182 valence electrons. The highest BCUT2D eigenvalue weighted by molar-refractivity contribution is 6.03. The van der Waals surface area contributed by atoms with Crippen LogP contribution in [-0.2, 0) is 6.42 Å². The first-order chi connectivity index (χ1) is 17.0. The van der Waals surface area contributed by atoms with Gasteiger partial charge in [0.1, 0.15) is 17.3 Å². The van der Waals surface area contributed by atoms with Gasteiger partial charge >= 0.3 is 0 Å². The summed E-state index contributed by atoms with van der Waals surface area (Å²) in [4.78, 5) is 27.3. The first-order valence-electron chi connectivity index (χ1n) is 12.0. The summed E-state index contributed by atoms with van der Waals surface area (Å²) in [6.07, 6.45) is 1.30. The number of carbonyl (C=O) groups is 1. The molecule has 0 radical (unpaired) electrons. The topological polar surface area (TPSA) is 79.8 Å². The second-order valence-electron chi connectivity index (χ2n) is 9.16. The van der Waals surface area contributed by atoms with Gasteiger partial charge in [-0.25, -0.2) is 4.98 Å². The summed E-state index contributed by atoms with van der Waals surface area (Å²) in [5, 5.41) is 3.38. The highest BCUT2D eigenvalue weighted by atomic mass is 16.5. The van der Waals surface area contributed by atoms with E-state index in [0.29, 0.717) is 23.8 Å². The summed E-state index contributed by atoms with van der Waals surface area (Å²) in [6, 6.07) is 15.8. The molecule has 1 aromatic heterocycles. The number of ketones is 1. The van der Waals surface area contributed by atoms with Crippen LogP contribution in [0.3, 0.4) is 0 Å². The summed E-state index contributed by atoms with van der Waals surface area (Å²) in [5.74, 6) is 3.28. The van der Waals surface area contributed by atoms with Crippen LogP contribution in [0.1, 0.15) is 29.4 Å². The molecule has 1 unspecified atom stereocenters. The Kier molecular flexibility index (Phi) is 6.44. The van der Waals surface area contributed by atoms with Crippen LogP contribution >= 0.6 is 0 Å². The molecule has 1 aliphatic heterocycles. The molecule has 1 fully saturated rings. The number of rotatable bonds is 6. The average molecular weight is 474 g/mol. The first kappa shape index (κ1) is 23.0. The quantitative estimate of drug-likeness (QED) is 0.567. The Morgan fingerprint density at radius 3 is 2.06 bits per heavy atom. The van der Waals surface area contributed by atoms with Crippen LogP contribution in [0.5, 0.6) is 11.5 Å². The van der Waals surface area contributed by atoms with Crippen molar-refractivity contribution in [1.29, 1.82) is 0 Å². The maximum absolute atomic E-state index is 13.0. The molecule has 2 heterocycles. The van der Waals surface area contributed by atoms with Crippen LogP contribution < -0.4 is 24.6 Å². The third kappa shape index (κ3) is 4.87. The van der Waals surface area contributed by atoms with Crippen molar-refractivity contribution in [1.82, 2.24) is 9.97 Å². The largest absolute Gasteiger partial charge is 0.497 e. The van der Waals surface area contributed by atoms with Crippen molar-refractivity contribution < 1.29 is 14.3 Å². The summed E-state index contributed by atoms with van der Waals surface area (Å²) in [6.45, 7) is 5.44. The number of carbonyl (C=O) groups excluding carboxylic acids is 1. The van der Waals surface area contributed by atoms with E-state index in [1.54, 1.807) is 14.2 Å². The van der Waals surface area contributed by atoms with E-state index in [4.69, 9.17) is 19.4 Å². The van der Waals surface area contributed by atoms with Gasteiger partial charge in [-0.05, 0) is 60.9 Å². The number of methoxy groups -OCH3 is 2. The summed E-state index contributed by atoms with van der Waals surface area (Å²) in [7, 11) is 3.32. The van der Waals surface area contributed by atoms with E-state index >= 15 is 0 Å². The Morgan fingerprint density at radius 1 is 0.829 bits per heavy atom. The number of ether oxygens (including phenoxy) is 2. The Morgan fingerprint density at radius 2 is 1.43 bits per heavy atom. The van der Waals surface area contributed by atoms with E-state index in [0.717, 1.165) is 55.5 Å². The second-order valence-corrected chi connectivity index (χ2v) is 9.16. The molecule has 35 heavy (non-hydrogen) atoms. The van der Waals surface area contributed by atoms with Crippen molar-refractivity contribution in [2.75, 3.05) is 55.5 Å². The summed E-state index contributed by atoms with van der Waals surface area (Å²) >= 11 is 0. The van der Waals surface area contributed by atoms with Gasteiger partial charge in [0.25, 0.3) is 0 Å². The lowest BCUT2D eigenvalue weighted by atomic mass is 9.87. The minimum absolute atomic E-state index is 0.102. The highest BCUT2D eigenvalue weighted by Gasteiger charge is 2.30. The van der Waals surface area contributed by atoms with Crippen molar-refractivity contribution >= 4 is 28.9 Å². The van der Waals surface area contributed by atoms with Gasteiger partial charge in [-0.3, -0.25) is 4.79 Å². The van der Waals surface area contributed by atoms with E-state index in [-0.39, 0.29) is 11.7 Å². The van der Waals surface area contributed by atoms with E-state index in [2.05, 4.69) is 34.2 Å². The van der Waals surface area contributed by atoms with E-state index in [9.17, 15) is 4.79 Å². The zero-order valence-corrected chi connectivity index (χ0v) is 20.5. The molecule has 0 saturated carbocycles. The maximum Gasteiger partial charge on any atom is 0.227 e. The Labute approximate surface area is 205 Å². The number of aromatic nitrogens is 2. The molecule has 5 rings (SSSR count). The van der Waals surface area contributed by atoms with Crippen LogP contribution in [0, 0.1) is 5.92 Å². The minimum atomic E-state index is 0.102. The van der Waals surface area contributed by atoms with Crippen molar-refractivity contribution in [3.05, 3.63) is 59.8 Å². The fraction of sp³-hybridized carbons (Fsp3) is 0.370. The Balaban J connectivity index is 1.39. The van der Waals surface area contributed by atoms with Gasteiger partial charge in [0.15, 0.2) is 5.78 Å². The number of nitrogens with zero attached hydrogens (tertiary/aromatic N) is 4. The van der Waals surface area contributed by atoms with Gasteiger partial charge in [0.05, 0.1) is 25.5 Å². The number of nitrogens with one attached hydrogen (secondary N) is 1. The Bertz CT molecular complexity index is 1190. The molecule has 8 nitrogen and oxygen atoms in total. The zero-order chi connectivity index (χ0) is 24.4. The van der Waals surface area contributed by atoms with Gasteiger partial charge in [0, 0.05) is 44.0 Å². The number of anilines is 4. The molecule has 1 N–H and O–H groups in total. The van der Waals surface area contributed by atoms with Crippen LogP contribution in [0.15, 0.2) is 48.5 Å². The van der Waals surface area contributed by atoms with Gasteiger partial charge in [-0.15, -0.1) is 0 Å². The Hall–Kier alpha value is -3.81. The van der Waals surface area contributed by atoms with Crippen molar-refractivity contribution in [3.8, 4) is 11.5 Å². The lowest BCUT2D eigenvalue weighted by Gasteiger charge is -2.36. The molecule has 1 saturated heterocycles. The van der Waals surface area contributed by atoms with E-state index < -0.39 is 0 Å². The number of fused-ring (bicyclic) bond motifs is 1. The molecule has 0 bridgehead atoms. The van der Waals surface area contributed by atoms with Crippen molar-refractivity contribution in [3.63, 3.8) is 0 Å². The molecule has 1 atom stereocenters. The fourth-order valence-electron chi connectivity index (χ4n) is 4.76. The summed E-state index contributed by atoms with van der Waals surface area (Å²) in [5.41, 5.74) is 3.50. The van der Waals surface area contributed by atoms with Crippen LogP contribution in [0.25, 0.3) is 0 Å². The molecule has 2 aliphatic rings. The zero-order valence-electron chi connectivity index (χ0n) is 20.5. The molecular weight excluding hydrogens is 442 g/mol. The minimum Gasteiger partial charge on any atom is -0.497 e. The van der Waals surface area contributed by atoms with Crippen molar-refractivity contribution in [2.45, 2.75) is 19.8 Å². The predicted octanol–water partition coefficient (Wildman–Crippen LogP) is 4.33. The van der Waals surface area contributed by atoms with Crippen LogP contribution in [0.4, 0.5) is 23.1 Å². The molecule has 0 spiro atoms. The fourth-order valence-corrected chi connectivity index (χ4v) is 4.76. The lowest BCUT2D eigenvalue weighted by molar-refractivity contribution is 0.0952. The van der Waals surface area contributed by atoms with Gasteiger partial charge in [-0.2, -0.15) is 4.98 Å². The number of hydrogen-bond donors (Lipinski definition) is 1. The van der Waals surface area contributed by atoms with Crippen LogP contribution in [-0.4, -0.2) is 56.1 Å². The molecule has 0 amide bonds. The standard InChI is InChI=1S/C27H31N5O3/c1-18-16-23-25(24(33)17-18)26(28-19-4-8-21(34-2)9-5-19)30-27(29-23)32-14-12-31(13-15-32)20-6-10-22(35-3)11-7-20/h4-11,18H,12-17H2,1-3H3,(H,28,29,30). The van der Waals surface area contributed by atoms with Crippen LogP contribution in [0.2, 0.25) is 0 Å². The highest BCUT2D eigenvalue weighted by Crippen LogP contribution is 2.33. The molecule has 2 aromatic carbocycles. The number of benzene rings is 2. The third-order valence-corrected chi connectivity index (χ3v) is 6.68. The summed E-state index contributed by atoms with van der Waals surface area (Å²) < 4.78 is 10.5. The maximum atomic E-state index is 13.0. The van der Waals surface area contributed by atoms with Gasteiger partial charge in [-0.1, -0.05) is 6.92 Å².